The fourth-order valence-electron chi connectivity index (χ4n) is 5.17. The number of halogens is 2. The first kappa shape index (κ1) is 27.1. The molecule has 1 unspecified atom stereocenters. The van der Waals surface area contributed by atoms with Crippen molar-refractivity contribution in [1.82, 2.24) is 15.2 Å². The minimum absolute atomic E-state index is 0.193. The Balaban J connectivity index is 1.27. The van der Waals surface area contributed by atoms with Crippen molar-refractivity contribution < 1.29 is 23.1 Å². The third-order valence-electron chi connectivity index (χ3n) is 7.15. The van der Waals surface area contributed by atoms with Crippen LogP contribution in [0.3, 0.4) is 0 Å². The van der Waals surface area contributed by atoms with Crippen LogP contribution in [0.5, 0.6) is 0 Å². The summed E-state index contributed by atoms with van der Waals surface area (Å²) in [5.74, 6) is -1.25. The molecule has 0 bridgehead atoms. The van der Waals surface area contributed by atoms with E-state index in [1.165, 1.54) is 17.4 Å². The molecule has 39 heavy (non-hydrogen) atoms. The van der Waals surface area contributed by atoms with Gasteiger partial charge in [-0.25, -0.2) is 18.6 Å². The van der Waals surface area contributed by atoms with Crippen LogP contribution in [0.25, 0.3) is 10.2 Å². The van der Waals surface area contributed by atoms with Crippen molar-refractivity contribution in [2.45, 2.75) is 58.6 Å². The summed E-state index contributed by atoms with van der Waals surface area (Å²) in [4.78, 5) is 34.3. The van der Waals surface area contributed by atoms with Crippen LogP contribution in [0.15, 0.2) is 18.2 Å². The molecule has 3 aromatic rings. The zero-order valence-corrected chi connectivity index (χ0v) is 23.4. The fourth-order valence-corrected chi connectivity index (χ4v) is 6.21. The highest BCUT2D eigenvalue weighted by atomic mass is 32.1. The maximum Gasteiger partial charge on any atom is 0.410 e. The smallest absolute Gasteiger partial charge is 0.410 e. The van der Waals surface area contributed by atoms with E-state index >= 15 is 8.78 Å². The first-order chi connectivity index (χ1) is 18.4. The normalized spacial score (nSPS) is 17.7. The summed E-state index contributed by atoms with van der Waals surface area (Å²) in [6, 6.07) is 4.59. The maximum atomic E-state index is 15.6. The van der Waals surface area contributed by atoms with Gasteiger partial charge in [-0.3, -0.25) is 4.79 Å². The molecule has 0 spiro atoms. The molecule has 0 saturated carbocycles. The van der Waals surface area contributed by atoms with Gasteiger partial charge in [-0.1, -0.05) is 0 Å². The molecule has 1 aliphatic heterocycles. The van der Waals surface area contributed by atoms with E-state index in [9.17, 15) is 9.59 Å². The van der Waals surface area contributed by atoms with E-state index in [2.05, 4.69) is 10.3 Å². The lowest BCUT2D eigenvalue weighted by Gasteiger charge is -2.37. The molecule has 1 aliphatic carbocycles. The first-order valence-corrected chi connectivity index (χ1v) is 13.9. The van der Waals surface area contributed by atoms with Gasteiger partial charge in [-0.05, 0) is 70.2 Å². The first-order valence-electron chi connectivity index (χ1n) is 13.1. The van der Waals surface area contributed by atoms with Gasteiger partial charge in [0.25, 0.3) is 5.91 Å². The molecule has 1 fully saturated rings. The number of aryl methyl sites for hydroxylation is 1. The summed E-state index contributed by atoms with van der Waals surface area (Å²) in [5.41, 5.74) is 7.69. The summed E-state index contributed by atoms with van der Waals surface area (Å²) in [6.07, 6.45) is 0.569. The molecule has 3 N–H and O–H groups in total. The number of nitrogens with zero attached hydrogens (tertiary/aromatic N) is 3. The maximum absolute atomic E-state index is 15.6. The van der Waals surface area contributed by atoms with Gasteiger partial charge in [-0.2, -0.15) is 0 Å². The minimum Gasteiger partial charge on any atom is -0.444 e. The summed E-state index contributed by atoms with van der Waals surface area (Å²) in [7, 11) is 0. The molecule has 11 heteroatoms. The number of thiophene rings is 1. The predicted octanol–water partition coefficient (Wildman–Crippen LogP) is 4.81. The molecule has 2 aromatic heterocycles. The minimum atomic E-state index is -0.597. The number of pyridine rings is 1. The standard InChI is InChI=1S/C28H33F2N5O3S/c1-15-5-7-18-23(31)24(39-26(18)32-15)25(36)33-16-6-8-17-19(13-16)20(29)14-21(22(17)30)34-9-11-35(12-10-34)27(37)38-28(2,3)4/h5,7,14,16H,6,8-13,31H2,1-4H3,(H,33,36). The van der Waals surface area contributed by atoms with Crippen LogP contribution in [0.4, 0.5) is 25.0 Å². The van der Waals surface area contributed by atoms with E-state index in [-0.39, 0.29) is 24.1 Å². The van der Waals surface area contributed by atoms with Gasteiger partial charge in [-0.15, -0.1) is 11.3 Å². The number of ether oxygens (including phenoxy) is 1. The molecule has 208 valence electrons. The Morgan fingerprint density at radius 2 is 1.87 bits per heavy atom. The van der Waals surface area contributed by atoms with E-state index in [0.717, 1.165) is 11.1 Å². The number of aromatic nitrogens is 1. The number of rotatable bonds is 3. The highest BCUT2D eigenvalue weighted by Gasteiger charge is 2.32. The van der Waals surface area contributed by atoms with Gasteiger partial charge in [0.2, 0.25) is 0 Å². The lowest BCUT2D eigenvalue weighted by Crippen LogP contribution is -2.50. The number of hydrogen-bond acceptors (Lipinski definition) is 7. The molecule has 8 nitrogen and oxygen atoms in total. The Hall–Kier alpha value is -3.47. The Morgan fingerprint density at radius 3 is 2.56 bits per heavy atom. The quantitative estimate of drug-likeness (QED) is 0.480. The number of amides is 2. The molecule has 1 saturated heterocycles. The van der Waals surface area contributed by atoms with Crippen molar-refractivity contribution in [3.8, 4) is 0 Å². The van der Waals surface area contributed by atoms with Gasteiger partial charge in [0.05, 0.1) is 11.4 Å². The van der Waals surface area contributed by atoms with Crippen LogP contribution < -0.4 is 16.0 Å². The summed E-state index contributed by atoms with van der Waals surface area (Å²) in [5, 5.41) is 3.70. The topological polar surface area (TPSA) is 101 Å². The molecule has 0 radical (unpaired) electrons. The molecule has 1 aromatic carbocycles. The SMILES string of the molecule is Cc1ccc2c(N)c(C(=O)NC3CCc4c(F)c(N5CCN(C(=O)OC(C)(C)C)CC5)cc(F)c4C3)sc2n1. The third-order valence-corrected chi connectivity index (χ3v) is 8.26. The van der Waals surface area contributed by atoms with Crippen molar-refractivity contribution >= 4 is 44.9 Å². The largest absolute Gasteiger partial charge is 0.444 e. The van der Waals surface area contributed by atoms with Crippen LogP contribution in [0.1, 0.15) is 53.7 Å². The second-order valence-electron chi connectivity index (χ2n) is 11.2. The number of nitrogens with two attached hydrogens (primary N) is 1. The molecule has 3 heterocycles. The lowest BCUT2D eigenvalue weighted by molar-refractivity contribution is 0.0240. The van der Waals surface area contributed by atoms with Crippen LogP contribution in [-0.4, -0.2) is 59.7 Å². The molecule has 1 atom stereocenters. The zero-order chi connectivity index (χ0) is 28.1. The molecule has 2 aliphatic rings. The molecular weight excluding hydrogens is 524 g/mol. The van der Waals surface area contributed by atoms with Gasteiger partial charge in [0.1, 0.15) is 26.9 Å². The monoisotopic (exact) mass is 557 g/mol. The van der Waals surface area contributed by atoms with Gasteiger partial charge < -0.3 is 25.6 Å². The van der Waals surface area contributed by atoms with E-state index in [1.807, 2.05) is 19.1 Å². The van der Waals surface area contributed by atoms with Crippen molar-refractivity contribution in [3.63, 3.8) is 0 Å². The summed E-state index contributed by atoms with van der Waals surface area (Å²) >= 11 is 1.23. The van der Waals surface area contributed by atoms with Crippen molar-refractivity contribution in [2.75, 3.05) is 36.8 Å². The average Bonchev–Trinajstić information content (AvgIpc) is 3.20. The van der Waals surface area contributed by atoms with Crippen LogP contribution in [0, 0.1) is 18.6 Å². The van der Waals surface area contributed by atoms with Crippen LogP contribution in [0.2, 0.25) is 0 Å². The highest BCUT2D eigenvalue weighted by molar-refractivity contribution is 7.21. The zero-order valence-electron chi connectivity index (χ0n) is 22.6. The number of fused-ring (bicyclic) bond motifs is 2. The summed E-state index contributed by atoms with van der Waals surface area (Å²) in [6.45, 7) is 8.75. The number of anilines is 2. The van der Waals surface area contributed by atoms with E-state index in [1.54, 1.807) is 30.6 Å². The lowest BCUT2D eigenvalue weighted by atomic mass is 9.86. The highest BCUT2D eigenvalue weighted by Crippen LogP contribution is 2.35. The average molecular weight is 558 g/mol. The van der Waals surface area contributed by atoms with E-state index < -0.39 is 23.3 Å². The van der Waals surface area contributed by atoms with Gasteiger partial charge in [0.15, 0.2) is 0 Å². The Kier molecular flexibility index (Phi) is 7.13. The van der Waals surface area contributed by atoms with Crippen LogP contribution >= 0.6 is 11.3 Å². The third kappa shape index (κ3) is 5.50. The number of carbonyl (C=O) groups excluding carboxylic acids is 2. The number of hydrogen-bond donors (Lipinski definition) is 2. The number of nitrogens with one attached hydrogen (secondary N) is 1. The van der Waals surface area contributed by atoms with Crippen molar-refractivity contribution in [2.24, 2.45) is 0 Å². The molecule has 5 rings (SSSR count). The molecular formula is C28H33F2N5O3S. The second kappa shape index (κ2) is 10.3. The van der Waals surface area contributed by atoms with Crippen LogP contribution in [-0.2, 0) is 17.6 Å². The Labute approximate surface area is 230 Å². The number of piperazine rings is 1. The summed E-state index contributed by atoms with van der Waals surface area (Å²) < 4.78 is 36.4. The Bertz CT molecular complexity index is 1440. The Morgan fingerprint density at radius 1 is 1.15 bits per heavy atom. The van der Waals surface area contributed by atoms with Crippen molar-refractivity contribution in [1.29, 1.82) is 0 Å². The van der Waals surface area contributed by atoms with E-state index in [0.29, 0.717) is 65.5 Å². The second-order valence-corrected chi connectivity index (χ2v) is 12.2. The van der Waals surface area contributed by atoms with E-state index in [4.69, 9.17) is 10.5 Å². The number of carbonyl (C=O) groups is 2. The van der Waals surface area contributed by atoms with Gasteiger partial charge >= 0.3 is 6.09 Å². The van der Waals surface area contributed by atoms with Gasteiger partial charge in [0, 0.05) is 49.4 Å². The number of benzene rings is 1. The predicted molar refractivity (Wildman–Crippen MR) is 148 cm³/mol. The fraction of sp³-hybridized carbons (Fsp3) is 0.464. The molecule has 2 amide bonds. The number of nitrogen functional groups attached to an aromatic ring is 1. The van der Waals surface area contributed by atoms with Crippen molar-refractivity contribution in [3.05, 3.63) is 51.5 Å².